The molecule has 0 unspecified atom stereocenters. The van der Waals surface area contributed by atoms with Crippen LogP contribution < -0.4 is 5.32 Å². The van der Waals surface area contributed by atoms with Gasteiger partial charge in [-0.15, -0.1) is 0 Å². The summed E-state index contributed by atoms with van der Waals surface area (Å²) in [6.45, 7) is 1.12. The Hall–Kier alpha value is -3.29. The monoisotopic (exact) mass is 336 g/mol. The maximum absolute atomic E-state index is 12.2. The number of nitrogens with zero attached hydrogens (tertiary/aromatic N) is 4. The van der Waals surface area contributed by atoms with E-state index in [1.54, 1.807) is 4.90 Å². The number of benzene rings is 1. The van der Waals surface area contributed by atoms with E-state index in [0.29, 0.717) is 31.2 Å². The number of carbonyl (C=O) groups excluding carboxylic acids is 2. The summed E-state index contributed by atoms with van der Waals surface area (Å²) >= 11 is 0. The van der Waals surface area contributed by atoms with Crippen LogP contribution in [0, 0.1) is 5.92 Å². The summed E-state index contributed by atoms with van der Waals surface area (Å²) in [6, 6.07) is 7.71. The van der Waals surface area contributed by atoms with Crippen LogP contribution in [0.3, 0.4) is 0 Å². The second-order valence-corrected chi connectivity index (χ2v) is 5.92. The number of hydrogen-bond acceptors (Lipinski definition) is 5. The standard InChI is InChI=1S/C17H16N6O2/c24-16(20-8-15-21-12-3-1-2-4-13(12)22-15)11-9-23(10-11)17(25)14-7-18-5-6-19-14/h1-7,11H,8-10H2,(H,20,24)(H,21,22). The highest BCUT2D eigenvalue weighted by molar-refractivity contribution is 5.94. The molecule has 8 nitrogen and oxygen atoms in total. The van der Waals surface area contributed by atoms with Crippen LogP contribution in [0.25, 0.3) is 11.0 Å². The van der Waals surface area contributed by atoms with Gasteiger partial charge in [0.15, 0.2) is 0 Å². The molecule has 2 N–H and O–H groups in total. The van der Waals surface area contributed by atoms with E-state index < -0.39 is 0 Å². The van der Waals surface area contributed by atoms with Gasteiger partial charge in [-0.25, -0.2) is 9.97 Å². The van der Waals surface area contributed by atoms with Crippen molar-refractivity contribution in [2.45, 2.75) is 6.54 Å². The molecule has 0 saturated carbocycles. The fraction of sp³-hybridized carbons (Fsp3) is 0.235. The van der Waals surface area contributed by atoms with Crippen molar-refractivity contribution in [3.8, 4) is 0 Å². The van der Waals surface area contributed by atoms with Crippen molar-refractivity contribution in [2.75, 3.05) is 13.1 Å². The zero-order valence-electron chi connectivity index (χ0n) is 13.3. The number of carbonyl (C=O) groups is 2. The Kier molecular flexibility index (Phi) is 3.85. The molecule has 2 amide bonds. The Morgan fingerprint density at radius 1 is 1.24 bits per heavy atom. The number of aromatic amines is 1. The highest BCUT2D eigenvalue weighted by Crippen LogP contribution is 2.18. The predicted molar refractivity (Wildman–Crippen MR) is 89.4 cm³/mol. The second kappa shape index (κ2) is 6.31. The van der Waals surface area contributed by atoms with E-state index >= 15 is 0 Å². The van der Waals surface area contributed by atoms with E-state index in [9.17, 15) is 9.59 Å². The maximum Gasteiger partial charge on any atom is 0.274 e. The molecule has 0 spiro atoms. The number of likely N-dealkylation sites (tertiary alicyclic amines) is 1. The third-order valence-corrected chi connectivity index (χ3v) is 4.19. The molecule has 1 saturated heterocycles. The molecule has 3 aromatic rings. The average molecular weight is 336 g/mol. The van der Waals surface area contributed by atoms with Crippen LogP contribution in [-0.4, -0.2) is 49.7 Å². The molecule has 8 heteroatoms. The molecule has 126 valence electrons. The number of nitrogens with one attached hydrogen (secondary N) is 2. The molecule has 0 radical (unpaired) electrons. The Morgan fingerprint density at radius 3 is 2.84 bits per heavy atom. The summed E-state index contributed by atoms with van der Waals surface area (Å²) in [4.78, 5) is 41.4. The summed E-state index contributed by atoms with van der Waals surface area (Å²) in [5, 5.41) is 2.86. The summed E-state index contributed by atoms with van der Waals surface area (Å²) < 4.78 is 0. The van der Waals surface area contributed by atoms with Crippen LogP contribution in [-0.2, 0) is 11.3 Å². The van der Waals surface area contributed by atoms with Gasteiger partial charge in [-0.3, -0.25) is 14.6 Å². The smallest absolute Gasteiger partial charge is 0.274 e. The van der Waals surface area contributed by atoms with Crippen molar-refractivity contribution in [3.05, 3.63) is 54.4 Å². The fourth-order valence-electron chi connectivity index (χ4n) is 2.79. The quantitative estimate of drug-likeness (QED) is 0.731. The van der Waals surface area contributed by atoms with Gasteiger partial charge in [0, 0.05) is 25.5 Å². The van der Waals surface area contributed by atoms with Crippen molar-refractivity contribution >= 4 is 22.8 Å². The van der Waals surface area contributed by atoms with Gasteiger partial charge in [-0.1, -0.05) is 12.1 Å². The lowest BCUT2D eigenvalue weighted by Gasteiger charge is -2.37. The molecule has 0 atom stereocenters. The van der Waals surface area contributed by atoms with Gasteiger partial charge >= 0.3 is 0 Å². The van der Waals surface area contributed by atoms with Crippen molar-refractivity contribution < 1.29 is 9.59 Å². The lowest BCUT2D eigenvalue weighted by atomic mass is 9.98. The predicted octanol–water partition coefficient (Wildman–Crippen LogP) is 0.741. The molecule has 2 aromatic heterocycles. The van der Waals surface area contributed by atoms with Crippen LogP contribution in [0.2, 0.25) is 0 Å². The zero-order chi connectivity index (χ0) is 17.2. The average Bonchev–Trinajstić information content (AvgIpc) is 3.02. The van der Waals surface area contributed by atoms with Crippen LogP contribution in [0.5, 0.6) is 0 Å². The fourth-order valence-corrected chi connectivity index (χ4v) is 2.79. The minimum atomic E-state index is -0.204. The molecule has 25 heavy (non-hydrogen) atoms. The SMILES string of the molecule is O=C(NCc1nc2ccccc2[nH]1)C1CN(C(=O)c2cnccn2)C1. The Balaban J connectivity index is 1.29. The number of imidazole rings is 1. The van der Waals surface area contributed by atoms with Gasteiger partial charge in [0.25, 0.3) is 5.91 Å². The van der Waals surface area contributed by atoms with E-state index in [-0.39, 0.29) is 17.7 Å². The van der Waals surface area contributed by atoms with Gasteiger partial charge in [0.2, 0.25) is 5.91 Å². The number of H-pyrrole nitrogens is 1. The molecule has 1 aromatic carbocycles. The van der Waals surface area contributed by atoms with Crippen LogP contribution in [0.1, 0.15) is 16.3 Å². The molecule has 1 aliphatic rings. The molecule has 0 bridgehead atoms. The largest absolute Gasteiger partial charge is 0.349 e. The van der Waals surface area contributed by atoms with Crippen molar-refractivity contribution in [1.29, 1.82) is 0 Å². The van der Waals surface area contributed by atoms with Crippen LogP contribution >= 0.6 is 0 Å². The number of fused-ring (bicyclic) bond motifs is 1. The van der Waals surface area contributed by atoms with Gasteiger partial charge in [0.05, 0.1) is 29.7 Å². The lowest BCUT2D eigenvalue weighted by Crippen LogP contribution is -2.55. The first-order valence-corrected chi connectivity index (χ1v) is 7.97. The van der Waals surface area contributed by atoms with Crippen LogP contribution in [0.15, 0.2) is 42.9 Å². The Labute approximate surface area is 143 Å². The van der Waals surface area contributed by atoms with Gasteiger partial charge in [0.1, 0.15) is 11.5 Å². The van der Waals surface area contributed by atoms with E-state index in [4.69, 9.17) is 0 Å². The first-order chi connectivity index (χ1) is 12.2. The number of rotatable bonds is 4. The van der Waals surface area contributed by atoms with E-state index in [0.717, 1.165) is 11.0 Å². The molecule has 1 aliphatic heterocycles. The van der Waals surface area contributed by atoms with Crippen molar-refractivity contribution in [3.63, 3.8) is 0 Å². The third-order valence-electron chi connectivity index (χ3n) is 4.19. The summed E-state index contributed by atoms with van der Waals surface area (Å²) in [5.74, 6) is 0.226. The summed E-state index contributed by atoms with van der Waals surface area (Å²) in [7, 11) is 0. The van der Waals surface area contributed by atoms with E-state index in [1.165, 1.54) is 18.6 Å². The highest BCUT2D eigenvalue weighted by Gasteiger charge is 2.36. The number of para-hydroxylation sites is 2. The first kappa shape index (κ1) is 15.3. The molecule has 1 fully saturated rings. The Morgan fingerprint density at radius 2 is 2.08 bits per heavy atom. The minimum absolute atomic E-state index is 0.0800. The number of amides is 2. The number of hydrogen-bond donors (Lipinski definition) is 2. The zero-order valence-corrected chi connectivity index (χ0v) is 13.3. The molecule has 3 heterocycles. The topological polar surface area (TPSA) is 104 Å². The second-order valence-electron chi connectivity index (χ2n) is 5.92. The maximum atomic E-state index is 12.2. The van der Waals surface area contributed by atoms with Crippen molar-refractivity contribution in [2.24, 2.45) is 5.92 Å². The summed E-state index contributed by atoms with van der Waals surface area (Å²) in [5.41, 5.74) is 2.11. The Bertz CT molecular complexity index is 884. The normalized spacial score (nSPS) is 14.3. The molecular formula is C17H16N6O2. The van der Waals surface area contributed by atoms with Gasteiger partial charge in [-0.05, 0) is 12.1 Å². The number of aromatic nitrogens is 4. The first-order valence-electron chi connectivity index (χ1n) is 7.97. The third kappa shape index (κ3) is 3.06. The molecule has 0 aliphatic carbocycles. The van der Waals surface area contributed by atoms with Crippen molar-refractivity contribution in [1.82, 2.24) is 30.2 Å². The highest BCUT2D eigenvalue weighted by atomic mass is 16.2. The molecular weight excluding hydrogens is 320 g/mol. The molecule has 4 rings (SSSR count). The minimum Gasteiger partial charge on any atom is -0.349 e. The van der Waals surface area contributed by atoms with Crippen LogP contribution in [0.4, 0.5) is 0 Å². The lowest BCUT2D eigenvalue weighted by molar-refractivity contribution is -0.129. The summed E-state index contributed by atoms with van der Waals surface area (Å²) in [6.07, 6.45) is 4.42. The van der Waals surface area contributed by atoms with E-state index in [2.05, 4.69) is 25.3 Å². The van der Waals surface area contributed by atoms with Gasteiger partial charge < -0.3 is 15.2 Å². The van der Waals surface area contributed by atoms with E-state index in [1.807, 2.05) is 24.3 Å². The van der Waals surface area contributed by atoms with Gasteiger partial charge in [-0.2, -0.15) is 0 Å².